The maximum absolute atomic E-state index is 12.6. The average Bonchev–Trinajstić information content (AvgIpc) is 2.52. The van der Waals surface area contributed by atoms with Crippen LogP contribution < -0.4 is 0 Å². The topological polar surface area (TPSA) is 55.1 Å². The highest BCUT2D eigenvalue weighted by Crippen LogP contribution is 2.52. The van der Waals surface area contributed by atoms with E-state index in [1.54, 1.807) is 0 Å². The second-order valence-electron chi connectivity index (χ2n) is 3.38. The van der Waals surface area contributed by atoms with E-state index in [-0.39, 0.29) is 12.8 Å². The van der Waals surface area contributed by atoms with Gasteiger partial charge >= 0.3 is 5.97 Å². The van der Waals surface area contributed by atoms with Gasteiger partial charge in [0.15, 0.2) is 0 Å². The highest BCUT2D eigenvalue weighted by molar-refractivity contribution is 5.69. The molecule has 0 bridgehead atoms. The summed E-state index contributed by atoms with van der Waals surface area (Å²) in [5.41, 5.74) is 0.445. The normalized spacial score (nSPS) is 23.4. The number of aromatic nitrogens is 2. The van der Waals surface area contributed by atoms with E-state index in [0.29, 0.717) is 5.56 Å². The van der Waals surface area contributed by atoms with Gasteiger partial charge in [-0.25, -0.2) is 8.78 Å². The summed E-state index contributed by atoms with van der Waals surface area (Å²) in [6.45, 7) is 0. The molecule has 1 aliphatic carbocycles. The number of carboxylic acids is 1. The minimum absolute atomic E-state index is 0.182. The van der Waals surface area contributed by atoms with Crippen molar-refractivity contribution < 1.29 is 18.7 Å². The Hall–Kier alpha value is -1.46. The van der Waals surface area contributed by atoms with Crippen LogP contribution in [0.1, 0.15) is 18.0 Å². The molecule has 1 fully saturated rings. The summed E-state index contributed by atoms with van der Waals surface area (Å²) in [6, 6.07) is -0.884. The van der Waals surface area contributed by atoms with E-state index in [0.717, 1.165) is 4.68 Å². The summed E-state index contributed by atoms with van der Waals surface area (Å²) in [4.78, 5) is 10.3. The van der Waals surface area contributed by atoms with E-state index in [2.05, 4.69) is 5.10 Å². The molecule has 0 aromatic carbocycles. The van der Waals surface area contributed by atoms with Crippen LogP contribution in [0.3, 0.4) is 0 Å². The number of aliphatic carboxylic acids is 1. The maximum atomic E-state index is 12.6. The second-order valence-corrected chi connectivity index (χ2v) is 3.38. The first-order valence-electron chi connectivity index (χ1n) is 4.12. The van der Waals surface area contributed by atoms with Crippen molar-refractivity contribution in [1.82, 2.24) is 9.78 Å². The number of nitrogens with zero attached hydrogens (tertiary/aromatic N) is 2. The third-order valence-corrected chi connectivity index (χ3v) is 2.12. The zero-order valence-corrected chi connectivity index (χ0v) is 7.15. The van der Waals surface area contributed by atoms with Crippen LogP contribution in [-0.4, -0.2) is 26.8 Å². The summed E-state index contributed by atoms with van der Waals surface area (Å²) in [7, 11) is 0. The van der Waals surface area contributed by atoms with Gasteiger partial charge in [-0.2, -0.15) is 5.10 Å². The van der Waals surface area contributed by atoms with Crippen molar-refractivity contribution in [3.05, 3.63) is 18.0 Å². The fraction of sp³-hybridized carbons (Fsp3) is 0.500. The lowest BCUT2D eigenvalue weighted by atomic mass is 10.3. The number of carbonyl (C=O) groups is 1. The van der Waals surface area contributed by atoms with E-state index < -0.39 is 17.9 Å². The summed E-state index contributed by atoms with van der Waals surface area (Å²) >= 11 is 0. The molecule has 0 aliphatic heterocycles. The van der Waals surface area contributed by atoms with Crippen molar-refractivity contribution >= 4 is 5.97 Å². The standard InChI is InChI=1S/C8H8F2N2O2/c9-8(10)2-6(8)12-4-5(3-11-12)1-7(13)14/h3-4,6H,1-2H2,(H,13,14). The fourth-order valence-corrected chi connectivity index (χ4v) is 1.30. The van der Waals surface area contributed by atoms with Gasteiger partial charge in [-0.15, -0.1) is 0 Å². The molecule has 0 amide bonds. The average molecular weight is 202 g/mol. The van der Waals surface area contributed by atoms with Crippen molar-refractivity contribution in [3.63, 3.8) is 0 Å². The number of alkyl halides is 2. The van der Waals surface area contributed by atoms with Gasteiger partial charge in [0.05, 0.1) is 12.6 Å². The molecule has 0 radical (unpaired) electrons. The molecule has 1 atom stereocenters. The van der Waals surface area contributed by atoms with Gasteiger partial charge in [0.2, 0.25) is 0 Å². The molecule has 0 saturated heterocycles. The van der Waals surface area contributed by atoms with Crippen LogP contribution in [0.25, 0.3) is 0 Å². The first-order valence-corrected chi connectivity index (χ1v) is 4.12. The predicted molar refractivity (Wildman–Crippen MR) is 42.2 cm³/mol. The predicted octanol–water partition coefficient (Wildman–Crippen LogP) is 1.09. The molecule has 0 spiro atoms. The maximum Gasteiger partial charge on any atom is 0.307 e. The van der Waals surface area contributed by atoms with Crippen LogP contribution in [0.5, 0.6) is 0 Å². The zero-order chi connectivity index (χ0) is 10.3. The van der Waals surface area contributed by atoms with Crippen LogP contribution in [0.4, 0.5) is 8.78 Å². The lowest BCUT2D eigenvalue weighted by Crippen LogP contribution is -2.02. The second kappa shape index (κ2) is 2.76. The van der Waals surface area contributed by atoms with E-state index >= 15 is 0 Å². The number of halogens is 2. The zero-order valence-electron chi connectivity index (χ0n) is 7.15. The molecule has 1 N–H and O–H groups in total. The Kier molecular flexibility index (Phi) is 1.80. The van der Waals surface area contributed by atoms with Crippen LogP contribution in [0.2, 0.25) is 0 Å². The molecule has 4 nitrogen and oxygen atoms in total. The van der Waals surface area contributed by atoms with E-state index in [1.165, 1.54) is 12.4 Å². The quantitative estimate of drug-likeness (QED) is 0.798. The number of hydrogen-bond donors (Lipinski definition) is 1. The lowest BCUT2D eigenvalue weighted by molar-refractivity contribution is -0.136. The monoisotopic (exact) mass is 202 g/mol. The van der Waals surface area contributed by atoms with Gasteiger partial charge < -0.3 is 5.11 Å². The first-order chi connectivity index (χ1) is 6.49. The largest absolute Gasteiger partial charge is 0.481 e. The summed E-state index contributed by atoms with van der Waals surface area (Å²) in [6.07, 6.45) is 2.28. The molecule has 1 unspecified atom stereocenters. The smallest absolute Gasteiger partial charge is 0.307 e. The van der Waals surface area contributed by atoms with E-state index in [9.17, 15) is 13.6 Å². The fourth-order valence-electron chi connectivity index (χ4n) is 1.30. The third kappa shape index (κ3) is 1.59. The summed E-state index contributed by atoms with van der Waals surface area (Å²) in [5, 5.41) is 12.1. The van der Waals surface area contributed by atoms with Gasteiger partial charge in [0.25, 0.3) is 5.92 Å². The Balaban J connectivity index is 2.08. The minimum Gasteiger partial charge on any atom is -0.481 e. The van der Waals surface area contributed by atoms with Crippen LogP contribution in [0.15, 0.2) is 12.4 Å². The Morgan fingerprint density at radius 1 is 1.79 bits per heavy atom. The molecular weight excluding hydrogens is 194 g/mol. The van der Waals surface area contributed by atoms with Gasteiger partial charge in [-0.3, -0.25) is 9.48 Å². The number of carboxylic acid groups (broad SMARTS) is 1. The molecule has 1 aromatic heterocycles. The number of rotatable bonds is 3. The molecule has 1 heterocycles. The van der Waals surface area contributed by atoms with E-state index in [4.69, 9.17) is 5.11 Å². The highest BCUT2D eigenvalue weighted by Gasteiger charge is 2.59. The molecule has 2 rings (SSSR count). The first kappa shape index (κ1) is 9.11. The molecule has 6 heteroatoms. The molecular formula is C8H8F2N2O2. The van der Waals surface area contributed by atoms with Gasteiger partial charge in [0.1, 0.15) is 6.04 Å². The number of hydrogen-bond acceptors (Lipinski definition) is 2. The van der Waals surface area contributed by atoms with Gasteiger partial charge in [-0.05, 0) is 0 Å². The highest BCUT2D eigenvalue weighted by atomic mass is 19.3. The molecule has 1 aromatic rings. The van der Waals surface area contributed by atoms with Crippen molar-refractivity contribution in [2.45, 2.75) is 24.8 Å². The molecule has 76 valence electrons. The SMILES string of the molecule is O=C(O)Cc1cnn(C2CC2(F)F)c1. The Labute approximate surface area is 78.1 Å². The minimum atomic E-state index is -2.67. The van der Waals surface area contributed by atoms with Crippen molar-refractivity contribution in [2.24, 2.45) is 0 Å². The Morgan fingerprint density at radius 3 is 2.93 bits per heavy atom. The Bertz CT molecular complexity index is 375. The van der Waals surface area contributed by atoms with Crippen molar-refractivity contribution in [3.8, 4) is 0 Å². The molecule has 1 saturated carbocycles. The Morgan fingerprint density at radius 2 is 2.43 bits per heavy atom. The van der Waals surface area contributed by atoms with Crippen molar-refractivity contribution in [2.75, 3.05) is 0 Å². The summed E-state index contributed by atoms with van der Waals surface area (Å²) in [5.74, 6) is -3.67. The molecule has 14 heavy (non-hydrogen) atoms. The third-order valence-electron chi connectivity index (χ3n) is 2.12. The van der Waals surface area contributed by atoms with E-state index in [1.807, 2.05) is 0 Å². The van der Waals surface area contributed by atoms with Gasteiger partial charge in [0, 0.05) is 18.2 Å². The summed E-state index contributed by atoms with van der Waals surface area (Å²) < 4.78 is 26.3. The van der Waals surface area contributed by atoms with Crippen LogP contribution >= 0.6 is 0 Å². The van der Waals surface area contributed by atoms with Crippen LogP contribution in [0, 0.1) is 0 Å². The van der Waals surface area contributed by atoms with Crippen molar-refractivity contribution in [1.29, 1.82) is 0 Å². The van der Waals surface area contributed by atoms with Gasteiger partial charge in [-0.1, -0.05) is 0 Å². The van der Waals surface area contributed by atoms with Crippen LogP contribution in [-0.2, 0) is 11.2 Å². The molecule has 1 aliphatic rings. The lowest BCUT2D eigenvalue weighted by Gasteiger charge is -1.96.